The minimum absolute atomic E-state index is 0.0508. The van der Waals surface area contributed by atoms with Crippen molar-refractivity contribution < 1.29 is 54.1 Å². The maximum absolute atomic E-state index is 13.2. The molecule has 0 radical (unpaired) electrons. The summed E-state index contributed by atoms with van der Waals surface area (Å²) in [4.78, 5) is 25.9. The van der Waals surface area contributed by atoms with E-state index in [0.29, 0.717) is 0 Å². The fourth-order valence-electron chi connectivity index (χ4n) is 6.19. The van der Waals surface area contributed by atoms with Crippen molar-refractivity contribution in [3.8, 4) is 0 Å². The highest BCUT2D eigenvalue weighted by Gasteiger charge is 2.88. The summed E-state index contributed by atoms with van der Waals surface area (Å²) in [6.07, 6.45) is -8.41. The van der Waals surface area contributed by atoms with E-state index in [9.17, 15) is 35.1 Å². The van der Waals surface area contributed by atoms with Crippen molar-refractivity contribution in [2.75, 3.05) is 13.2 Å². The molecule has 11 nitrogen and oxygen atoms in total. The molecule has 1 aromatic rings. The monoisotopic (exact) mass is 480 g/mol. The minimum atomic E-state index is -1.69. The molecule has 3 saturated carbocycles. The van der Waals surface area contributed by atoms with Crippen molar-refractivity contribution in [1.82, 2.24) is 0 Å². The highest BCUT2D eigenvalue weighted by atomic mass is 16.7. The number of ether oxygens (including phenoxy) is 4. The zero-order valence-corrected chi connectivity index (χ0v) is 18.4. The van der Waals surface area contributed by atoms with Crippen molar-refractivity contribution in [2.45, 2.75) is 67.8 Å². The van der Waals surface area contributed by atoms with Crippen LogP contribution in [0.2, 0.25) is 0 Å². The van der Waals surface area contributed by atoms with Crippen molar-refractivity contribution in [3.05, 3.63) is 35.9 Å². The van der Waals surface area contributed by atoms with Gasteiger partial charge in [-0.1, -0.05) is 18.2 Å². The smallest absolute Gasteiger partial charge is 0.338 e. The number of benzene rings is 1. The summed E-state index contributed by atoms with van der Waals surface area (Å²) in [6, 6.07) is 8.20. The molecule has 2 heterocycles. The lowest BCUT2D eigenvalue weighted by Crippen LogP contribution is -2.80. The normalized spacial score (nSPS) is 47.0. The molecule has 0 spiro atoms. The van der Waals surface area contributed by atoms with Crippen LogP contribution in [0.1, 0.15) is 30.1 Å². The van der Waals surface area contributed by atoms with E-state index in [1.54, 1.807) is 37.3 Å². The quantitative estimate of drug-likeness (QED) is 0.300. The van der Waals surface area contributed by atoms with Gasteiger partial charge in [0.15, 0.2) is 6.29 Å². The first-order valence-electron chi connectivity index (χ1n) is 11.2. The van der Waals surface area contributed by atoms with Gasteiger partial charge < -0.3 is 44.5 Å². The third-order valence-corrected chi connectivity index (χ3v) is 8.07. The number of aliphatic hydroxyl groups is 5. The van der Waals surface area contributed by atoms with E-state index in [2.05, 4.69) is 0 Å². The number of aliphatic hydroxyl groups excluding tert-OH is 5. The molecule has 0 amide bonds. The summed E-state index contributed by atoms with van der Waals surface area (Å²) in [5.41, 5.74) is -4.08. The Morgan fingerprint density at radius 1 is 1.09 bits per heavy atom. The number of carbonyl (C=O) groups excluding carboxylic acids is 2. The topological polar surface area (TPSA) is 172 Å². The number of hydrogen-bond acceptors (Lipinski definition) is 11. The van der Waals surface area contributed by atoms with Crippen molar-refractivity contribution >= 4 is 11.9 Å². The Morgan fingerprint density at radius 3 is 2.47 bits per heavy atom. The van der Waals surface area contributed by atoms with Gasteiger partial charge in [0.25, 0.3) is 0 Å². The predicted octanol–water partition coefficient (Wildman–Crippen LogP) is -1.51. The molecule has 2 aliphatic heterocycles. The standard InChI is InChI=1S/C23H28O11/c1-21-8-13(25)12-7-23(21,33-19-17(28)16(27)15(26)14(9-24)32-19)22(12,20(30)34-21)10-31-18(29)11-5-3-2-4-6-11/h2-6,12-17,19,24-28H,7-10H2,1H3/t12-,13-,14-,15-,16+,17-,19-,21+,22+,23+/m1/s1. The Morgan fingerprint density at radius 2 is 1.79 bits per heavy atom. The van der Waals surface area contributed by atoms with E-state index >= 15 is 0 Å². The zero-order valence-electron chi connectivity index (χ0n) is 18.4. The van der Waals surface area contributed by atoms with Gasteiger partial charge >= 0.3 is 11.9 Å². The van der Waals surface area contributed by atoms with E-state index in [4.69, 9.17) is 18.9 Å². The third kappa shape index (κ3) is 2.95. The molecule has 5 aliphatic rings. The highest BCUT2D eigenvalue weighted by Crippen LogP contribution is 2.73. The van der Waals surface area contributed by atoms with Crippen LogP contribution in [0.4, 0.5) is 0 Å². The predicted molar refractivity (Wildman–Crippen MR) is 110 cm³/mol. The van der Waals surface area contributed by atoms with Gasteiger partial charge in [0.05, 0.1) is 18.3 Å². The molecule has 186 valence electrons. The van der Waals surface area contributed by atoms with Crippen LogP contribution in [0, 0.1) is 11.3 Å². The van der Waals surface area contributed by atoms with Gasteiger partial charge in [-0.3, -0.25) is 4.79 Å². The molecule has 0 aromatic heterocycles. The Bertz CT molecular complexity index is 969. The van der Waals surface area contributed by atoms with Crippen molar-refractivity contribution in [3.63, 3.8) is 0 Å². The van der Waals surface area contributed by atoms with Gasteiger partial charge in [-0.05, 0) is 25.5 Å². The molecule has 34 heavy (non-hydrogen) atoms. The summed E-state index contributed by atoms with van der Waals surface area (Å²) in [7, 11) is 0. The largest absolute Gasteiger partial charge is 0.461 e. The molecule has 5 N–H and O–H groups in total. The number of esters is 2. The van der Waals surface area contributed by atoms with Crippen LogP contribution in [0.15, 0.2) is 30.3 Å². The average molecular weight is 480 g/mol. The van der Waals surface area contributed by atoms with Crippen LogP contribution >= 0.6 is 0 Å². The first kappa shape index (κ1) is 23.6. The molecule has 2 saturated heterocycles. The second kappa shape index (κ2) is 7.95. The molecular weight excluding hydrogens is 452 g/mol. The average Bonchev–Trinajstić information content (AvgIpc) is 2.88. The highest BCUT2D eigenvalue weighted by molar-refractivity contribution is 5.90. The zero-order chi connectivity index (χ0) is 24.5. The van der Waals surface area contributed by atoms with Gasteiger partial charge in [-0.25, -0.2) is 4.79 Å². The van der Waals surface area contributed by atoms with Crippen LogP contribution in [0.5, 0.6) is 0 Å². The summed E-state index contributed by atoms with van der Waals surface area (Å²) in [6.45, 7) is 0.508. The lowest BCUT2D eigenvalue weighted by Gasteiger charge is -2.66. The number of hydrogen-bond donors (Lipinski definition) is 5. The second-order valence-corrected chi connectivity index (χ2v) is 9.76. The number of carbonyl (C=O) groups is 2. The van der Waals surface area contributed by atoms with E-state index in [-0.39, 0.29) is 18.4 Å². The molecule has 3 aliphatic carbocycles. The van der Waals surface area contributed by atoms with Gasteiger partial charge in [-0.15, -0.1) is 0 Å². The van der Waals surface area contributed by atoms with Crippen molar-refractivity contribution in [2.24, 2.45) is 11.3 Å². The second-order valence-electron chi connectivity index (χ2n) is 9.76. The van der Waals surface area contributed by atoms with Crippen LogP contribution in [0.3, 0.4) is 0 Å². The Hall–Kier alpha value is -2.12. The Labute approximate surface area is 194 Å². The van der Waals surface area contributed by atoms with Gasteiger partial charge in [0.2, 0.25) is 0 Å². The van der Waals surface area contributed by atoms with Crippen LogP contribution in [0.25, 0.3) is 0 Å². The molecule has 5 fully saturated rings. The van der Waals surface area contributed by atoms with Gasteiger partial charge in [-0.2, -0.15) is 0 Å². The first-order valence-corrected chi connectivity index (χ1v) is 11.2. The fraction of sp³-hybridized carbons (Fsp3) is 0.652. The maximum Gasteiger partial charge on any atom is 0.338 e. The lowest BCUT2D eigenvalue weighted by molar-refractivity contribution is -0.394. The molecule has 10 atom stereocenters. The number of rotatable bonds is 6. The SMILES string of the molecule is C[C@]12C[C@@H](O)[C@H]3C[C@@]1(O[C@H]1O[C@H](CO)[C@@H](O)[C@H](O)[C@H]1O)[C@]3(COC(=O)c1ccccc1)C(=O)O2. The van der Waals surface area contributed by atoms with Gasteiger partial charge in [0.1, 0.15) is 47.6 Å². The Balaban J connectivity index is 1.46. The summed E-state index contributed by atoms with van der Waals surface area (Å²) in [5, 5.41) is 51.0. The molecule has 1 aromatic carbocycles. The van der Waals surface area contributed by atoms with Crippen LogP contribution < -0.4 is 0 Å². The molecular formula is C23H28O11. The first-order chi connectivity index (χ1) is 16.1. The summed E-state index contributed by atoms with van der Waals surface area (Å²) < 4.78 is 22.9. The lowest BCUT2D eigenvalue weighted by atomic mass is 9.40. The van der Waals surface area contributed by atoms with Crippen molar-refractivity contribution in [1.29, 1.82) is 0 Å². The summed E-state index contributed by atoms with van der Waals surface area (Å²) >= 11 is 0. The summed E-state index contributed by atoms with van der Waals surface area (Å²) in [5.74, 6) is -2.00. The van der Waals surface area contributed by atoms with Crippen LogP contribution in [-0.4, -0.2) is 98.7 Å². The Kier molecular flexibility index (Phi) is 5.52. The third-order valence-electron chi connectivity index (χ3n) is 8.07. The number of fused-ring (bicyclic) bond motifs is 1. The minimum Gasteiger partial charge on any atom is -0.461 e. The van der Waals surface area contributed by atoms with E-state index in [1.165, 1.54) is 0 Å². The van der Waals surface area contributed by atoms with E-state index < -0.39 is 84.5 Å². The maximum atomic E-state index is 13.2. The molecule has 4 bridgehead atoms. The molecule has 0 unspecified atom stereocenters. The molecule has 6 rings (SSSR count). The van der Waals surface area contributed by atoms with Crippen LogP contribution in [-0.2, 0) is 23.7 Å². The van der Waals surface area contributed by atoms with E-state index in [0.717, 1.165) is 0 Å². The van der Waals surface area contributed by atoms with Gasteiger partial charge in [0, 0.05) is 12.3 Å². The molecule has 11 heteroatoms. The van der Waals surface area contributed by atoms with E-state index in [1.807, 2.05) is 0 Å². The fourth-order valence-corrected chi connectivity index (χ4v) is 6.19.